The fourth-order valence-corrected chi connectivity index (χ4v) is 6.07. The van der Waals surface area contributed by atoms with Crippen LogP contribution in [0.2, 0.25) is 0 Å². The van der Waals surface area contributed by atoms with Gasteiger partial charge in [-0.3, -0.25) is 0 Å². The van der Waals surface area contributed by atoms with Crippen LogP contribution in [-0.4, -0.2) is 10.2 Å². The zero-order valence-corrected chi connectivity index (χ0v) is 21.5. The Morgan fingerprint density at radius 1 is 1.00 bits per heavy atom. The predicted octanol–water partition coefficient (Wildman–Crippen LogP) is 8.86. The fourth-order valence-electron chi connectivity index (χ4n) is 6.07. The largest absolute Gasteiger partial charge is 0.507 e. The van der Waals surface area contributed by atoms with Crippen molar-refractivity contribution in [1.29, 1.82) is 0 Å². The molecule has 0 fully saturated rings. The van der Waals surface area contributed by atoms with E-state index in [-0.39, 0.29) is 23.5 Å². The molecule has 4 atom stereocenters. The summed E-state index contributed by atoms with van der Waals surface area (Å²) in [6.07, 6.45) is 12.8. The van der Waals surface area contributed by atoms with E-state index in [4.69, 9.17) is 0 Å². The summed E-state index contributed by atoms with van der Waals surface area (Å²) in [6, 6.07) is 1.97. The number of aromatic hydroxyl groups is 2. The Kier molecular flexibility index (Phi) is 8.32. The number of aryl methyl sites for hydroxylation is 1. The van der Waals surface area contributed by atoms with Crippen LogP contribution in [0.4, 0.5) is 0 Å². The summed E-state index contributed by atoms with van der Waals surface area (Å²) >= 11 is 0. The lowest BCUT2D eigenvalue weighted by Crippen LogP contribution is -2.21. The molecule has 0 saturated heterocycles. The van der Waals surface area contributed by atoms with Gasteiger partial charge in [-0.15, -0.1) is 0 Å². The summed E-state index contributed by atoms with van der Waals surface area (Å²) in [4.78, 5) is 0. The van der Waals surface area contributed by atoms with Crippen LogP contribution < -0.4 is 0 Å². The minimum absolute atomic E-state index is 0.0387. The molecule has 33 heavy (non-hydrogen) atoms. The van der Waals surface area contributed by atoms with Crippen LogP contribution in [0.3, 0.4) is 0 Å². The number of phenols is 2. The number of phenolic OH excluding ortho intramolecular Hbond substituents is 2. The van der Waals surface area contributed by atoms with Gasteiger partial charge in [0.1, 0.15) is 11.5 Å². The number of rotatable bonds is 8. The van der Waals surface area contributed by atoms with E-state index in [2.05, 4.69) is 59.9 Å². The molecule has 0 aliphatic heterocycles. The molecule has 0 heterocycles. The molecule has 2 aliphatic rings. The number of allylic oxidation sites excluding steroid dienone is 6. The smallest absolute Gasteiger partial charge is 0.126 e. The molecule has 2 aliphatic carbocycles. The van der Waals surface area contributed by atoms with Gasteiger partial charge in [0.05, 0.1) is 0 Å². The van der Waals surface area contributed by atoms with Crippen LogP contribution >= 0.6 is 0 Å². The fraction of sp³-hybridized carbons (Fsp3) is 0.548. The van der Waals surface area contributed by atoms with Gasteiger partial charge in [-0.1, -0.05) is 67.4 Å². The second-order valence-electron chi connectivity index (χ2n) is 10.8. The molecule has 0 spiro atoms. The van der Waals surface area contributed by atoms with Gasteiger partial charge in [0.15, 0.2) is 0 Å². The topological polar surface area (TPSA) is 40.5 Å². The average Bonchev–Trinajstić information content (AvgIpc) is 2.73. The highest BCUT2D eigenvalue weighted by Crippen LogP contribution is 2.52. The van der Waals surface area contributed by atoms with Crippen LogP contribution in [0.5, 0.6) is 11.5 Å². The molecule has 2 N–H and O–H groups in total. The van der Waals surface area contributed by atoms with Gasteiger partial charge in [0, 0.05) is 17.0 Å². The second kappa shape index (κ2) is 10.8. The van der Waals surface area contributed by atoms with Gasteiger partial charge in [-0.2, -0.15) is 0 Å². The first-order chi connectivity index (χ1) is 15.6. The van der Waals surface area contributed by atoms with E-state index in [1.165, 1.54) is 16.7 Å². The minimum Gasteiger partial charge on any atom is -0.507 e. The Bertz CT molecular complexity index is 962. The highest BCUT2D eigenvalue weighted by Gasteiger charge is 2.36. The van der Waals surface area contributed by atoms with Crippen LogP contribution in [0.1, 0.15) is 108 Å². The van der Waals surface area contributed by atoms with Crippen molar-refractivity contribution in [1.82, 2.24) is 0 Å². The third-order valence-corrected chi connectivity index (χ3v) is 7.96. The quantitative estimate of drug-likeness (QED) is 0.308. The Morgan fingerprint density at radius 2 is 1.70 bits per heavy atom. The van der Waals surface area contributed by atoms with Gasteiger partial charge in [0.25, 0.3) is 0 Å². The number of hydrogen-bond acceptors (Lipinski definition) is 2. The summed E-state index contributed by atoms with van der Waals surface area (Å²) in [5.41, 5.74) is 7.84. The molecule has 0 amide bonds. The van der Waals surface area contributed by atoms with E-state index < -0.39 is 0 Å². The lowest BCUT2D eigenvalue weighted by atomic mass is 9.69. The van der Waals surface area contributed by atoms with E-state index >= 15 is 0 Å². The maximum atomic E-state index is 11.9. The maximum Gasteiger partial charge on any atom is 0.126 e. The molecule has 3 rings (SSSR count). The third kappa shape index (κ3) is 5.48. The Morgan fingerprint density at radius 3 is 2.33 bits per heavy atom. The van der Waals surface area contributed by atoms with Crippen molar-refractivity contribution in [3.63, 3.8) is 0 Å². The summed E-state index contributed by atoms with van der Waals surface area (Å²) in [5.74, 6) is 1.25. The molecule has 2 heteroatoms. The molecular formula is C31H44O2. The minimum atomic E-state index is -0.0387. The summed E-state index contributed by atoms with van der Waals surface area (Å²) < 4.78 is 0. The van der Waals surface area contributed by atoms with Crippen molar-refractivity contribution >= 4 is 0 Å². The Balaban J connectivity index is 2.21. The van der Waals surface area contributed by atoms with E-state index in [0.717, 1.165) is 68.1 Å². The molecule has 4 unspecified atom stereocenters. The molecule has 0 saturated carbocycles. The third-order valence-electron chi connectivity index (χ3n) is 7.96. The predicted molar refractivity (Wildman–Crippen MR) is 141 cm³/mol. The normalized spacial score (nSPS) is 25.4. The molecule has 1 aromatic rings. The zero-order valence-electron chi connectivity index (χ0n) is 21.5. The standard InChI is InChI=1S/C31H44O2/c1-8-9-10-11-23-18-28(32)30(27-17-22(7)13-15-25(27)20(4)5)31(33)29(23)26-16-21(6)12-14-24(26)19(2)3/h12,17-18,24-27,32-33H,2,4,8-11,13-16H2,1,3,5-7H3. The van der Waals surface area contributed by atoms with E-state index in [9.17, 15) is 10.2 Å². The SMILES string of the molecule is C=C(C)C1CCC(C)=CC1c1c(O)cc(CCCCC)c(C2CC(C)=CCC2C(=C)C)c1O. The summed E-state index contributed by atoms with van der Waals surface area (Å²) in [7, 11) is 0. The molecule has 180 valence electrons. The highest BCUT2D eigenvalue weighted by atomic mass is 16.3. The average molecular weight is 449 g/mol. The van der Waals surface area contributed by atoms with Crippen molar-refractivity contribution in [3.8, 4) is 11.5 Å². The maximum absolute atomic E-state index is 11.9. The van der Waals surface area contributed by atoms with Crippen molar-refractivity contribution in [2.24, 2.45) is 11.8 Å². The Hall–Kier alpha value is -2.22. The van der Waals surface area contributed by atoms with E-state index in [1.807, 2.05) is 6.07 Å². The number of unbranched alkanes of at least 4 members (excludes halogenated alkanes) is 2. The first kappa shape index (κ1) is 25.4. The van der Waals surface area contributed by atoms with Crippen molar-refractivity contribution in [2.75, 3.05) is 0 Å². The molecule has 1 aromatic carbocycles. The van der Waals surface area contributed by atoms with Crippen LogP contribution in [0.15, 0.2) is 53.7 Å². The second-order valence-corrected chi connectivity index (χ2v) is 10.8. The van der Waals surface area contributed by atoms with Gasteiger partial charge in [0.2, 0.25) is 0 Å². The summed E-state index contributed by atoms with van der Waals surface area (Å²) in [6.45, 7) is 19.3. The van der Waals surface area contributed by atoms with Gasteiger partial charge in [-0.25, -0.2) is 0 Å². The van der Waals surface area contributed by atoms with Crippen molar-refractivity contribution in [3.05, 3.63) is 70.4 Å². The number of benzene rings is 1. The first-order valence-corrected chi connectivity index (χ1v) is 12.9. The molecular weight excluding hydrogens is 404 g/mol. The molecule has 0 aromatic heterocycles. The number of hydrogen-bond donors (Lipinski definition) is 2. The summed E-state index contributed by atoms with van der Waals surface area (Å²) in [5, 5.41) is 23.2. The van der Waals surface area contributed by atoms with Crippen LogP contribution in [-0.2, 0) is 6.42 Å². The van der Waals surface area contributed by atoms with Crippen molar-refractivity contribution in [2.45, 2.75) is 97.8 Å². The van der Waals surface area contributed by atoms with Crippen LogP contribution in [0.25, 0.3) is 0 Å². The molecule has 0 radical (unpaired) electrons. The van der Waals surface area contributed by atoms with E-state index in [1.54, 1.807) is 0 Å². The Labute approximate surface area is 201 Å². The van der Waals surface area contributed by atoms with Crippen molar-refractivity contribution < 1.29 is 10.2 Å². The first-order valence-electron chi connectivity index (χ1n) is 12.9. The highest BCUT2D eigenvalue weighted by molar-refractivity contribution is 5.59. The molecule has 0 bridgehead atoms. The lowest BCUT2D eigenvalue weighted by molar-refractivity contribution is 0.386. The van der Waals surface area contributed by atoms with Gasteiger partial charge >= 0.3 is 0 Å². The van der Waals surface area contributed by atoms with Crippen LogP contribution in [0, 0.1) is 11.8 Å². The monoisotopic (exact) mass is 448 g/mol. The zero-order chi connectivity index (χ0) is 24.3. The van der Waals surface area contributed by atoms with E-state index in [0.29, 0.717) is 17.2 Å². The molecule has 2 nitrogen and oxygen atoms in total. The lowest BCUT2D eigenvalue weighted by Gasteiger charge is -2.36. The van der Waals surface area contributed by atoms with Gasteiger partial charge < -0.3 is 10.2 Å². The van der Waals surface area contributed by atoms with Gasteiger partial charge in [-0.05, 0) is 95.6 Å².